The SMILES string of the molecule is FC(F)(F)c1cccc(N2CCN(C(=S)N/C=C3/CCCOc4ccccc43)CC2)c1.N#Cc1ccc(N2CCN(C(=S)N/C=C3/CCCOc4ccccc43)CC2)cc1.Nc1ccccc1N1CCN(C(=S)N/C=C2/CCCOc3ccccc32)CC1. The first-order valence-corrected chi connectivity index (χ1v) is 31.3. The molecule has 3 fully saturated rings. The van der Waals surface area contributed by atoms with Gasteiger partial charge in [-0.25, -0.2) is 0 Å². The molecular weight excluding hydrogens is 1170 g/mol. The minimum atomic E-state index is -4.33. The first-order valence-electron chi connectivity index (χ1n) is 30.1. The van der Waals surface area contributed by atoms with Crippen molar-refractivity contribution < 1.29 is 27.4 Å². The molecule has 0 radical (unpaired) electrons. The van der Waals surface area contributed by atoms with E-state index >= 15 is 0 Å². The molecule has 6 aliphatic heterocycles. The first-order chi connectivity index (χ1) is 42.9. The van der Waals surface area contributed by atoms with Crippen molar-refractivity contribution in [3.63, 3.8) is 0 Å². The van der Waals surface area contributed by atoms with Gasteiger partial charge in [-0.3, -0.25) is 0 Å². The zero-order valence-electron chi connectivity index (χ0n) is 49.2. The quantitative estimate of drug-likeness (QED) is 0.0930. The molecule has 14 nitrogen and oxygen atoms in total. The molecule has 6 aliphatic rings. The summed E-state index contributed by atoms with van der Waals surface area (Å²) in [6.45, 7) is 11.8. The summed E-state index contributed by atoms with van der Waals surface area (Å²) < 4.78 is 56.5. The topological polar surface area (TPSA) is 133 Å². The predicted octanol–water partition coefficient (Wildman–Crippen LogP) is 12.2. The second-order valence-electron chi connectivity index (χ2n) is 21.9. The van der Waals surface area contributed by atoms with Crippen molar-refractivity contribution in [1.29, 1.82) is 5.26 Å². The van der Waals surface area contributed by atoms with Gasteiger partial charge in [0.2, 0.25) is 0 Å². The average Bonchev–Trinajstić information content (AvgIpc) is 4.20. The van der Waals surface area contributed by atoms with Gasteiger partial charge in [-0.2, -0.15) is 18.4 Å². The Balaban J connectivity index is 0.000000146. The number of anilines is 4. The molecule has 6 aromatic carbocycles. The Morgan fingerprint density at radius 1 is 0.466 bits per heavy atom. The number of hydrogen-bond donors (Lipinski definition) is 4. The fourth-order valence-electron chi connectivity index (χ4n) is 11.4. The van der Waals surface area contributed by atoms with E-state index in [1.54, 1.807) is 6.07 Å². The van der Waals surface area contributed by atoms with Crippen molar-refractivity contribution in [2.45, 2.75) is 44.7 Å². The predicted molar refractivity (Wildman–Crippen MR) is 359 cm³/mol. The van der Waals surface area contributed by atoms with E-state index in [4.69, 9.17) is 61.9 Å². The molecule has 0 aromatic heterocycles. The first kappa shape index (κ1) is 62.5. The van der Waals surface area contributed by atoms with Crippen molar-refractivity contribution in [2.24, 2.45) is 0 Å². The van der Waals surface area contributed by atoms with E-state index in [2.05, 4.69) is 70.9 Å². The number of alkyl halides is 3. The highest BCUT2D eigenvalue weighted by atomic mass is 32.1. The van der Waals surface area contributed by atoms with Gasteiger partial charge in [-0.15, -0.1) is 0 Å². The Morgan fingerprint density at radius 3 is 1.26 bits per heavy atom. The van der Waals surface area contributed by atoms with Crippen molar-refractivity contribution >= 4 is 91.5 Å². The molecule has 0 saturated carbocycles. The standard InChI is InChI=1S/C23H24F3N3OS.C23H24N4OS.C22H26N4OS/c24-23(25,26)18-6-3-7-19(15-18)28-10-12-29(13-11-28)22(31)27-16-17-5-4-14-30-21-9-2-1-8-20(17)21;24-16-18-7-9-20(10-8-18)26-11-13-27(14-12-26)23(29)25-17-19-4-3-15-28-22-6-2-1-5-21(19)22;23-19-8-2-3-9-20(19)25-11-13-26(14-12-25)22(28)24-16-17-6-5-15-27-21-10-4-1-7-18(17)21/h1-3,6-9,15-16H,4-5,10-14H2,(H,27,31);1-2,5-10,17H,3-4,11-15H2,(H,25,29);1-4,7-10,16H,5-6,11-15,23H2,(H,24,28)/b17-16-;19-17-;17-16-. The molecule has 12 rings (SSSR count). The minimum absolute atomic E-state index is 0.588. The van der Waals surface area contributed by atoms with E-state index in [0.29, 0.717) is 49.1 Å². The number of ether oxygens (including phenoxy) is 3. The van der Waals surface area contributed by atoms with Gasteiger partial charge >= 0.3 is 6.18 Å². The lowest BCUT2D eigenvalue weighted by atomic mass is 10.0. The number of allylic oxidation sites excluding steroid dienone is 3. The van der Waals surface area contributed by atoms with Crippen LogP contribution in [0.25, 0.3) is 16.7 Å². The van der Waals surface area contributed by atoms with Crippen LogP contribution in [0.3, 0.4) is 0 Å². The average molecular weight is 1250 g/mol. The highest BCUT2D eigenvalue weighted by molar-refractivity contribution is 7.80. The molecule has 3 saturated heterocycles. The van der Waals surface area contributed by atoms with E-state index in [0.717, 1.165) is 177 Å². The summed E-state index contributed by atoms with van der Waals surface area (Å²) in [5.74, 6) is 2.78. The Labute approximate surface area is 530 Å². The molecule has 0 bridgehead atoms. The van der Waals surface area contributed by atoms with E-state index in [1.165, 1.54) is 23.3 Å². The van der Waals surface area contributed by atoms with Crippen molar-refractivity contribution in [3.8, 4) is 23.3 Å². The molecule has 458 valence electrons. The summed E-state index contributed by atoms with van der Waals surface area (Å²) >= 11 is 16.9. The number of benzene rings is 6. The number of para-hydroxylation sites is 5. The van der Waals surface area contributed by atoms with E-state index < -0.39 is 11.7 Å². The summed E-state index contributed by atoms with van der Waals surface area (Å²) in [6, 6.07) is 47.8. The summed E-state index contributed by atoms with van der Waals surface area (Å²) in [7, 11) is 0. The second-order valence-corrected chi connectivity index (χ2v) is 23.0. The fourth-order valence-corrected chi connectivity index (χ4v) is 12.1. The van der Waals surface area contributed by atoms with Crippen LogP contribution in [0.15, 0.2) is 164 Å². The molecule has 0 atom stereocenters. The van der Waals surface area contributed by atoms with Crippen LogP contribution in [0.1, 0.15) is 66.3 Å². The molecule has 0 unspecified atom stereocenters. The number of halogens is 3. The normalized spacial score (nSPS) is 18.0. The third-order valence-corrected chi connectivity index (χ3v) is 17.4. The number of thiocarbonyl (C=S) groups is 3. The molecule has 0 aliphatic carbocycles. The number of nitrogen functional groups attached to an aromatic ring is 1. The van der Waals surface area contributed by atoms with Gasteiger partial charge in [-0.1, -0.05) is 72.8 Å². The molecule has 88 heavy (non-hydrogen) atoms. The summed E-state index contributed by atoms with van der Waals surface area (Å²) in [4.78, 5) is 13.1. The summed E-state index contributed by atoms with van der Waals surface area (Å²) in [5.41, 5.74) is 16.9. The number of fused-ring (bicyclic) bond motifs is 3. The van der Waals surface area contributed by atoms with Crippen LogP contribution in [0.4, 0.5) is 35.9 Å². The number of piperazine rings is 3. The Hall–Kier alpha value is -8.51. The highest BCUT2D eigenvalue weighted by Crippen LogP contribution is 2.36. The number of nitrogens with two attached hydrogens (primary N) is 1. The maximum Gasteiger partial charge on any atom is 0.416 e. The number of nitrogens with zero attached hydrogens (tertiary/aromatic N) is 7. The molecule has 0 spiro atoms. The fraction of sp³-hybridized carbons (Fsp3) is 0.324. The number of nitriles is 1. The molecule has 6 aromatic rings. The Morgan fingerprint density at radius 2 is 0.852 bits per heavy atom. The van der Waals surface area contributed by atoms with E-state index in [1.807, 2.05) is 120 Å². The van der Waals surface area contributed by atoms with Crippen LogP contribution in [0.2, 0.25) is 0 Å². The van der Waals surface area contributed by atoms with Crippen LogP contribution in [-0.4, -0.2) is 128 Å². The third-order valence-electron chi connectivity index (χ3n) is 16.2. The second kappa shape index (κ2) is 30.4. The van der Waals surface area contributed by atoms with Crippen molar-refractivity contribution in [3.05, 3.63) is 192 Å². The zero-order valence-corrected chi connectivity index (χ0v) is 51.7. The third kappa shape index (κ3) is 16.6. The Bertz CT molecular complexity index is 3510. The van der Waals surface area contributed by atoms with Gasteiger partial charge < -0.3 is 65.3 Å². The van der Waals surface area contributed by atoms with Gasteiger partial charge in [0.05, 0.1) is 48.4 Å². The summed E-state index contributed by atoms with van der Waals surface area (Å²) in [6.07, 6.45) is 7.51. The van der Waals surface area contributed by atoms with Gasteiger partial charge in [0.25, 0.3) is 0 Å². The van der Waals surface area contributed by atoms with Crippen molar-refractivity contribution in [2.75, 3.05) is 119 Å². The highest BCUT2D eigenvalue weighted by Gasteiger charge is 2.31. The number of hydrogen-bond acceptors (Lipinski definition) is 11. The maximum atomic E-state index is 13.0. The van der Waals surface area contributed by atoms with Gasteiger partial charge in [0.15, 0.2) is 15.3 Å². The molecule has 5 N–H and O–H groups in total. The van der Waals surface area contributed by atoms with Crippen LogP contribution in [-0.2, 0) is 6.18 Å². The molecule has 6 heterocycles. The number of rotatable bonds is 6. The number of nitrogens with one attached hydrogen (secondary N) is 3. The van der Waals surface area contributed by atoms with Crippen LogP contribution >= 0.6 is 36.7 Å². The molecular formula is C68H74F3N11O3S3. The maximum absolute atomic E-state index is 13.0. The summed E-state index contributed by atoms with van der Waals surface area (Å²) in [5, 5.41) is 21.1. The monoisotopic (exact) mass is 1250 g/mol. The van der Waals surface area contributed by atoms with Gasteiger partial charge in [-0.05, 0) is 165 Å². The zero-order chi connectivity index (χ0) is 61.2. The van der Waals surface area contributed by atoms with Crippen LogP contribution in [0.5, 0.6) is 17.2 Å². The van der Waals surface area contributed by atoms with Gasteiger partial charge in [0, 0.05) is 125 Å². The van der Waals surface area contributed by atoms with Crippen LogP contribution in [0, 0.1) is 11.3 Å². The van der Waals surface area contributed by atoms with Gasteiger partial charge in [0.1, 0.15) is 17.2 Å². The minimum Gasteiger partial charge on any atom is -0.493 e. The lowest BCUT2D eigenvalue weighted by Gasteiger charge is -2.37. The largest absolute Gasteiger partial charge is 0.493 e. The van der Waals surface area contributed by atoms with E-state index in [-0.39, 0.29) is 0 Å². The van der Waals surface area contributed by atoms with E-state index in [9.17, 15) is 13.2 Å². The van der Waals surface area contributed by atoms with Crippen LogP contribution < -0.4 is 50.6 Å². The smallest absolute Gasteiger partial charge is 0.416 e. The molecule has 0 amide bonds. The Kier molecular flexibility index (Phi) is 21.6. The van der Waals surface area contributed by atoms with Crippen molar-refractivity contribution in [1.82, 2.24) is 30.7 Å². The lowest BCUT2D eigenvalue weighted by molar-refractivity contribution is -0.137. The molecule has 20 heteroatoms. The lowest BCUT2D eigenvalue weighted by Crippen LogP contribution is -2.51.